The minimum Gasteiger partial charge on any atom is -0.334 e. The fraction of sp³-hybridized carbons (Fsp3) is 0.391. The Balaban J connectivity index is 1.29. The van der Waals surface area contributed by atoms with E-state index in [1.807, 2.05) is 0 Å². The monoisotopic (exact) mass is 962 g/mol. The first-order chi connectivity index (χ1) is 34.2. The maximum atomic E-state index is 2.84. The molecule has 7 aromatic carbocycles. The van der Waals surface area contributed by atoms with Crippen LogP contribution >= 0.6 is 0 Å². The van der Waals surface area contributed by atoms with Crippen LogP contribution in [0.25, 0.3) is 0 Å². The second-order valence-electron chi connectivity index (χ2n) is 27.7. The van der Waals surface area contributed by atoms with Gasteiger partial charge in [-0.25, -0.2) is 0 Å². The molecule has 0 N–H and O–H groups in total. The number of anilines is 8. The predicted octanol–water partition coefficient (Wildman–Crippen LogP) is 17.0. The number of fused-ring (bicyclic) bond motifs is 7. The summed E-state index contributed by atoms with van der Waals surface area (Å²) in [6.45, 7) is 37.9. The van der Waals surface area contributed by atoms with Crippen molar-refractivity contribution in [1.82, 2.24) is 0 Å². The van der Waals surface area contributed by atoms with Crippen molar-refractivity contribution in [3.8, 4) is 0 Å². The Labute approximate surface area is 440 Å². The molecule has 0 saturated heterocycles. The van der Waals surface area contributed by atoms with E-state index in [1.54, 1.807) is 0 Å². The first-order valence-corrected chi connectivity index (χ1v) is 27.5. The third-order valence-electron chi connectivity index (χ3n) is 17.7. The summed E-state index contributed by atoms with van der Waals surface area (Å²) >= 11 is 0. The van der Waals surface area contributed by atoms with E-state index in [-0.39, 0.29) is 44.7 Å². The summed E-state index contributed by atoms with van der Waals surface area (Å²) < 4.78 is 0. The summed E-state index contributed by atoms with van der Waals surface area (Å²) in [4.78, 5) is 8.15. The van der Waals surface area contributed by atoms with E-state index in [2.05, 4.69) is 271 Å². The Morgan fingerprint density at radius 2 is 0.904 bits per heavy atom. The molecule has 1 aliphatic carbocycles. The number of hydrogen-bond donors (Lipinski definition) is 0. The SMILES string of the molecule is CC(C)(C)c1ccc(N2c3ccc(C(C)(C)C)cc3B3c4ccc(C(C)(C)C)cc4N(c4cccc(C(C)(C)C)c4)c4cc(N5c6ccc(C(C)(C)C)cc6C6(c7ccccc7)CCCCC56C)cc2c43)cc1. The van der Waals surface area contributed by atoms with Crippen molar-refractivity contribution in [2.24, 2.45) is 0 Å². The molecule has 11 rings (SSSR count). The molecule has 7 aromatic rings. The molecule has 0 spiro atoms. The molecule has 1 saturated carbocycles. The highest BCUT2D eigenvalue weighted by molar-refractivity contribution is 7.00. The summed E-state index contributed by atoms with van der Waals surface area (Å²) in [6, 6.07) is 58.3. The Morgan fingerprint density at radius 3 is 1.52 bits per heavy atom. The molecule has 3 nitrogen and oxygen atoms in total. The van der Waals surface area contributed by atoms with Crippen LogP contribution in [0.3, 0.4) is 0 Å². The van der Waals surface area contributed by atoms with Crippen molar-refractivity contribution >= 4 is 68.6 Å². The van der Waals surface area contributed by atoms with Crippen LogP contribution in [0.15, 0.2) is 146 Å². The number of rotatable bonds is 4. The lowest BCUT2D eigenvalue weighted by Gasteiger charge is -2.53. The maximum Gasteiger partial charge on any atom is 0.252 e. The van der Waals surface area contributed by atoms with Gasteiger partial charge < -0.3 is 14.7 Å². The fourth-order valence-electron chi connectivity index (χ4n) is 13.5. The van der Waals surface area contributed by atoms with Crippen molar-refractivity contribution < 1.29 is 0 Å². The van der Waals surface area contributed by atoms with Crippen molar-refractivity contribution in [1.29, 1.82) is 0 Å². The maximum absolute atomic E-state index is 2.84. The van der Waals surface area contributed by atoms with Crippen LogP contribution in [0.1, 0.15) is 175 Å². The fourth-order valence-corrected chi connectivity index (χ4v) is 13.5. The first-order valence-electron chi connectivity index (χ1n) is 27.5. The van der Waals surface area contributed by atoms with Crippen LogP contribution in [-0.4, -0.2) is 12.3 Å². The Kier molecular flexibility index (Phi) is 11.1. The molecule has 0 amide bonds. The van der Waals surface area contributed by atoms with Crippen molar-refractivity contribution in [2.45, 2.75) is 174 Å². The molecule has 3 aliphatic heterocycles. The normalized spacial score (nSPS) is 19.6. The van der Waals surface area contributed by atoms with E-state index < -0.39 is 0 Å². The van der Waals surface area contributed by atoms with Gasteiger partial charge in [0, 0.05) is 50.9 Å². The topological polar surface area (TPSA) is 9.72 Å². The van der Waals surface area contributed by atoms with Crippen LogP contribution in [0.4, 0.5) is 45.5 Å². The minimum atomic E-state index is -0.262. The van der Waals surface area contributed by atoms with Gasteiger partial charge in [-0.2, -0.15) is 0 Å². The lowest BCUT2D eigenvalue weighted by atomic mass is 9.33. The standard InChI is InChI=1S/C69H80BN3/c1-63(2,3)45-27-32-51(33-28-45)71-58-36-31-49(66(10,11)12)41-56(58)70-55-34-29-50(67(13,14)15)42-59(55)72(52-26-22-25-47(39-52)64(4,5)6)61-44-53(43-60(71)62(61)70)73-57-35-30-48(65(7,8)9)40-54(57)69(46-23-18-17-19-24-46)38-21-20-37-68(69,73)16/h17-19,22-36,39-44H,20-21,37-38H2,1-16H3. The van der Waals surface area contributed by atoms with Crippen LogP contribution in [0.5, 0.6) is 0 Å². The number of benzene rings is 7. The third kappa shape index (κ3) is 7.73. The lowest BCUT2D eigenvalue weighted by molar-refractivity contribution is 0.215. The quantitative estimate of drug-likeness (QED) is 0.163. The molecule has 374 valence electrons. The van der Waals surface area contributed by atoms with Gasteiger partial charge in [0.1, 0.15) is 0 Å². The summed E-state index contributed by atoms with van der Waals surface area (Å²) in [5, 5.41) is 0. The first kappa shape index (κ1) is 49.2. The predicted molar refractivity (Wildman–Crippen MR) is 317 cm³/mol. The molecule has 2 atom stereocenters. The smallest absolute Gasteiger partial charge is 0.252 e. The summed E-state index contributed by atoms with van der Waals surface area (Å²) in [6.07, 6.45) is 4.58. The van der Waals surface area contributed by atoms with E-state index >= 15 is 0 Å². The molecular formula is C69H80BN3. The molecule has 4 heteroatoms. The molecule has 3 heterocycles. The zero-order valence-electron chi connectivity index (χ0n) is 47.1. The molecule has 2 unspecified atom stereocenters. The number of hydrogen-bond acceptors (Lipinski definition) is 3. The molecule has 1 fully saturated rings. The lowest BCUT2D eigenvalue weighted by Crippen LogP contribution is -2.62. The molecule has 0 bridgehead atoms. The van der Waals surface area contributed by atoms with E-state index in [4.69, 9.17) is 0 Å². The zero-order chi connectivity index (χ0) is 52.0. The summed E-state index contributed by atoms with van der Waals surface area (Å²) in [7, 11) is 0. The van der Waals surface area contributed by atoms with Gasteiger partial charge in [-0.3, -0.25) is 0 Å². The van der Waals surface area contributed by atoms with Gasteiger partial charge in [0.15, 0.2) is 0 Å². The van der Waals surface area contributed by atoms with E-state index in [1.165, 1.54) is 114 Å². The number of nitrogens with zero attached hydrogens (tertiary/aromatic N) is 3. The van der Waals surface area contributed by atoms with Crippen LogP contribution in [-0.2, 0) is 32.5 Å². The molecule has 4 aliphatic rings. The zero-order valence-corrected chi connectivity index (χ0v) is 47.1. The highest BCUT2D eigenvalue weighted by atomic mass is 15.3. The Morgan fingerprint density at radius 1 is 0.384 bits per heavy atom. The van der Waals surface area contributed by atoms with Gasteiger partial charge >= 0.3 is 0 Å². The van der Waals surface area contributed by atoms with Gasteiger partial charge in [-0.15, -0.1) is 0 Å². The van der Waals surface area contributed by atoms with Gasteiger partial charge in [0.05, 0.1) is 5.54 Å². The van der Waals surface area contributed by atoms with E-state index in [0.717, 1.165) is 12.8 Å². The van der Waals surface area contributed by atoms with Crippen molar-refractivity contribution in [3.05, 3.63) is 185 Å². The Hall–Kier alpha value is -6.00. The van der Waals surface area contributed by atoms with Crippen LogP contribution in [0, 0.1) is 0 Å². The van der Waals surface area contributed by atoms with Crippen molar-refractivity contribution in [3.63, 3.8) is 0 Å². The van der Waals surface area contributed by atoms with Crippen molar-refractivity contribution in [2.75, 3.05) is 14.7 Å². The van der Waals surface area contributed by atoms with Crippen LogP contribution in [0.2, 0.25) is 0 Å². The average Bonchev–Trinajstić information content (AvgIpc) is 3.57. The van der Waals surface area contributed by atoms with Gasteiger partial charge in [0.2, 0.25) is 0 Å². The van der Waals surface area contributed by atoms with E-state index in [0.29, 0.717) is 0 Å². The Bertz CT molecular complexity index is 3290. The molecule has 0 aromatic heterocycles. The second kappa shape index (κ2) is 16.5. The van der Waals surface area contributed by atoms with Crippen LogP contribution < -0.4 is 31.1 Å². The average molecular weight is 962 g/mol. The van der Waals surface area contributed by atoms with Gasteiger partial charge in [-0.1, -0.05) is 208 Å². The minimum absolute atomic E-state index is 0.00107. The summed E-state index contributed by atoms with van der Waals surface area (Å²) in [5.41, 5.74) is 23.2. The van der Waals surface area contributed by atoms with Gasteiger partial charge in [0.25, 0.3) is 6.71 Å². The summed E-state index contributed by atoms with van der Waals surface area (Å²) in [5.74, 6) is 0. The molecule has 73 heavy (non-hydrogen) atoms. The largest absolute Gasteiger partial charge is 0.334 e. The van der Waals surface area contributed by atoms with Gasteiger partial charge in [-0.05, 0) is 157 Å². The highest BCUT2D eigenvalue weighted by Crippen LogP contribution is 2.65. The second-order valence-corrected chi connectivity index (χ2v) is 27.7. The van der Waals surface area contributed by atoms with E-state index in [9.17, 15) is 0 Å². The molecule has 0 radical (unpaired) electrons. The highest BCUT2D eigenvalue weighted by Gasteiger charge is 2.61. The molecular weight excluding hydrogens is 882 g/mol. The third-order valence-corrected chi connectivity index (χ3v) is 17.7.